The normalized spacial score (nSPS) is 22.4. The van der Waals surface area contributed by atoms with Crippen LogP contribution in [0.4, 0.5) is 5.69 Å². The summed E-state index contributed by atoms with van der Waals surface area (Å²) in [5.41, 5.74) is 6.48. The highest BCUT2D eigenvalue weighted by Gasteiger charge is 2.29. The Morgan fingerprint density at radius 2 is 2.20 bits per heavy atom. The molecule has 3 N–H and O–H groups in total. The maximum atomic E-state index is 12.4. The molecular formula is C15H21ClN2O2. The molecule has 0 spiro atoms. The van der Waals surface area contributed by atoms with E-state index < -0.39 is 0 Å². The first-order valence-electron chi connectivity index (χ1n) is 7.00. The number of carbonyl (C=O) groups is 1. The molecule has 1 aromatic carbocycles. The molecule has 0 radical (unpaired) electrons. The highest BCUT2D eigenvalue weighted by atomic mass is 35.5. The number of methoxy groups -OCH3 is 1. The van der Waals surface area contributed by atoms with Crippen LogP contribution in [-0.2, 0) is 4.79 Å². The molecule has 2 unspecified atom stereocenters. The monoisotopic (exact) mass is 296 g/mol. The van der Waals surface area contributed by atoms with Gasteiger partial charge in [-0.1, -0.05) is 24.4 Å². The number of nitrogens with two attached hydrogens (primary N) is 1. The number of benzene rings is 1. The molecule has 1 saturated carbocycles. The van der Waals surface area contributed by atoms with Gasteiger partial charge in [-0.15, -0.1) is 0 Å². The number of carbonyl (C=O) groups excluding carboxylic acids is 1. The average Bonchev–Trinajstić information content (AvgIpc) is 2.49. The van der Waals surface area contributed by atoms with E-state index in [-0.39, 0.29) is 17.7 Å². The molecule has 1 amide bonds. The molecule has 0 aliphatic heterocycles. The molecule has 0 bridgehead atoms. The highest BCUT2D eigenvalue weighted by Crippen LogP contribution is 2.32. The van der Waals surface area contributed by atoms with Crippen molar-refractivity contribution in [3.8, 4) is 5.75 Å². The van der Waals surface area contributed by atoms with Crippen LogP contribution in [-0.4, -0.2) is 19.6 Å². The van der Waals surface area contributed by atoms with Crippen molar-refractivity contribution < 1.29 is 9.53 Å². The zero-order valence-electron chi connectivity index (χ0n) is 11.7. The molecule has 1 aliphatic rings. The molecule has 20 heavy (non-hydrogen) atoms. The summed E-state index contributed by atoms with van der Waals surface area (Å²) in [4.78, 5) is 12.4. The van der Waals surface area contributed by atoms with Gasteiger partial charge in [0.2, 0.25) is 5.91 Å². The van der Waals surface area contributed by atoms with Crippen molar-refractivity contribution in [1.29, 1.82) is 0 Å². The second kappa shape index (κ2) is 6.95. The lowest BCUT2D eigenvalue weighted by Gasteiger charge is -2.29. The van der Waals surface area contributed by atoms with Crippen molar-refractivity contribution in [2.45, 2.75) is 25.7 Å². The number of nitrogens with one attached hydrogen (secondary N) is 1. The Bertz CT molecular complexity index is 479. The fourth-order valence-corrected chi connectivity index (χ4v) is 3.00. The summed E-state index contributed by atoms with van der Waals surface area (Å²) >= 11 is 5.97. The first-order chi connectivity index (χ1) is 9.65. The zero-order valence-corrected chi connectivity index (χ0v) is 12.5. The Hall–Kier alpha value is -1.26. The number of rotatable bonds is 4. The lowest BCUT2D eigenvalue weighted by molar-refractivity contribution is -0.122. The average molecular weight is 297 g/mol. The van der Waals surface area contributed by atoms with Crippen LogP contribution in [0.15, 0.2) is 18.2 Å². The number of halogens is 1. The largest absolute Gasteiger partial charge is 0.495 e. The van der Waals surface area contributed by atoms with Crippen LogP contribution in [0.1, 0.15) is 25.7 Å². The third kappa shape index (κ3) is 3.44. The molecule has 1 aromatic rings. The van der Waals surface area contributed by atoms with Crippen LogP contribution in [0, 0.1) is 11.8 Å². The van der Waals surface area contributed by atoms with E-state index in [1.54, 1.807) is 25.3 Å². The van der Waals surface area contributed by atoms with Gasteiger partial charge in [0.25, 0.3) is 0 Å². The Morgan fingerprint density at radius 1 is 1.45 bits per heavy atom. The van der Waals surface area contributed by atoms with Gasteiger partial charge in [-0.05, 0) is 37.4 Å². The third-order valence-corrected chi connectivity index (χ3v) is 4.28. The predicted octanol–water partition coefficient (Wildman–Crippen LogP) is 3.05. The molecular weight excluding hydrogens is 276 g/mol. The first-order valence-corrected chi connectivity index (χ1v) is 7.38. The van der Waals surface area contributed by atoms with Crippen molar-refractivity contribution in [2.24, 2.45) is 17.6 Å². The molecule has 0 heterocycles. The lowest BCUT2D eigenvalue weighted by Crippen LogP contribution is -2.35. The topological polar surface area (TPSA) is 64.3 Å². The van der Waals surface area contributed by atoms with Crippen molar-refractivity contribution in [1.82, 2.24) is 0 Å². The smallest absolute Gasteiger partial charge is 0.227 e. The minimum Gasteiger partial charge on any atom is -0.495 e. The minimum atomic E-state index is 0.00965. The Balaban J connectivity index is 2.06. The van der Waals surface area contributed by atoms with Crippen molar-refractivity contribution in [2.75, 3.05) is 19.0 Å². The van der Waals surface area contributed by atoms with Gasteiger partial charge in [0.15, 0.2) is 0 Å². The fraction of sp³-hybridized carbons (Fsp3) is 0.533. The van der Waals surface area contributed by atoms with Crippen molar-refractivity contribution in [3.63, 3.8) is 0 Å². The van der Waals surface area contributed by atoms with Crippen LogP contribution in [0.25, 0.3) is 0 Å². The molecule has 110 valence electrons. The van der Waals surface area contributed by atoms with Crippen LogP contribution < -0.4 is 15.8 Å². The van der Waals surface area contributed by atoms with Gasteiger partial charge < -0.3 is 15.8 Å². The van der Waals surface area contributed by atoms with E-state index in [1.165, 1.54) is 6.42 Å². The predicted molar refractivity (Wildman–Crippen MR) is 81.1 cm³/mol. The zero-order chi connectivity index (χ0) is 14.5. The molecule has 2 rings (SSSR count). The van der Waals surface area contributed by atoms with Crippen LogP contribution in [0.3, 0.4) is 0 Å². The molecule has 2 atom stereocenters. The second-order valence-corrected chi connectivity index (χ2v) is 5.63. The summed E-state index contributed by atoms with van der Waals surface area (Å²) in [5, 5.41) is 3.48. The highest BCUT2D eigenvalue weighted by molar-refractivity contribution is 6.32. The summed E-state index contributed by atoms with van der Waals surface area (Å²) in [5.74, 6) is 0.904. The molecule has 1 aliphatic carbocycles. The molecule has 1 fully saturated rings. The Labute approximate surface area is 124 Å². The van der Waals surface area contributed by atoms with Gasteiger partial charge in [-0.3, -0.25) is 4.79 Å². The quantitative estimate of drug-likeness (QED) is 0.897. The minimum absolute atomic E-state index is 0.00965. The number of amides is 1. The molecule has 5 heteroatoms. The maximum Gasteiger partial charge on any atom is 0.227 e. The van der Waals surface area contributed by atoms with Crippen LogP contribution in [0.5, 0.6) is 5.75 Å². The summed E-state index contributed by atoms with van der Waals surface area (Å²) in [7, 11) is 1.55. The molecule has 4 nitrogen and oxygen atoms in total. The van der Waals surface area contributed by atoms with Gasteiger partial charge in [0.05, 0.1) is 12.1 Å². The van der Waals surface area contributed by atoms with E-state index in [1.807, 2.05) is 0 Å². The van der Waals surface area contributed by atoms with E-state index in [0.717, 1.165) is 19.3 Å². The van der Waals surface area contributed by atoms with Gasteiger partial charge >= 0.3 is 0 Å². The van der Waals surface area contributed by atoms with Crippen LogP contribution in [0.2, 0.25) is 5.02 Å². The number of hydrogen-bond donors (Lipinski definition) is 2. The van der Waals surface area contributed by atoms with E-state index in [9.17, 15) is 4.79 Å². The van der Waals surface area contributed by atoms with E-state index in [4.69, 9.17) is 22.1 Å². The number of anilines is 1. The first kappa shape index (κ1) is 15.1. The number of ether oxygens (including phenoxy) is 1. The van der Waals surface area contributed by atoms with Crippen LogP contribution >= 0.6 is 11.6 Å². The Morgan fingerprint density at radius 3 is 2.90 bits per heavy atom. The van der Waals surface area contributed by atoms with E-state index in [2.05, 4.69) is 5.32 Å². The SMILES string of the molecule is COc1cc(NC(=O)C2CCCCC2CN)ccc1Cl. The lowest BCUT2D eigenvalue weighted by atomic mass is 9.78. The van der Waals surface area contributed by atoms with Gasteiger partial charge in [0, 0.05) is 17.7 Å². The van der Waals surface area contributed by atoms with E-state index >= 15 is 0 Å². The fourth-order valence-electron chi connectivity index (χ4n) is 2.81. The third-order valence-electron chi connectivity index (χ3n) is 3.97. The standard InChI is InChI=1S/C15H21ClN2O2/c1-20-14-8-11(6-7-13(14)16)18-15(19)12-5-3-2-4-10(12)9-17/h6-8,10,12H,2-5,9,17H2,1H3,(H,18,19). The Kier molecular flexibility index (Phi) is 5.26. The summed E-state index contributed by atoms with van der Waals surface area (Å²) in [6.07, 6.45) is 4.22. The maximum absolute atomic E-state index is 12.4. The van der Waals surface area contributed by atoms with E-state index in [0.29, 0.717) is 23.0 Å². The summed E-state index contributed by atoms with van der Waals surface area (Å²) in [6, 6.07) is 5.24. The number of hydrogen-bond acceptors (Lipinski definition) is 3. The molecule has 0 aromatic heterocycles. The summed E-state index contributed by atoms with van der Waals surface area (Å²) in [6.45, 7) is 0.571. The van der Waals surface area contributed by atoms with Gasteiger partial charge in [0.1, 0.15) is 5.75 Å². The second-order valence-electron chi connectivity index (χ2n) is 5.23. The molecule has 0 saturated heterocycles. The van der Waals surface area contributed by atoms with Gasteiger partial charge in [-0.25, -0.2) is 0 Å². The summed E-state index contributed by atoms with van der Waals surface area (Å²) < 4.78 is 5.15. The van der Waals surface area contributed by atoms with Crippen molar-refractivity contribution >= 4 is 23.2 Å². The van der Waals surface area contributed by atoms with Crippen molar-refractivity contribution in [3.05, 3.63) is 23.2 Å². The van der Waals surface area contributed by atoms with Gasteiger partial charge in [-0.2, -0.15) is 0 Å².